The van der Waals surface area contributed by atoms with E-state index in [9.17, 15) is 0 Å². The van der Waals surface area contributed by atoms with Crippen LogP contribution in [0.5, 0.6) is 0 Å². The van der Waals surface area contributed by atoms with Gasteiger partial charge in [-0.25, -0.2) is 0 Å². The van der Waals surface area contributed by atoms with Gasteiger partial charge in [-0.3, -0.25) is 4.98 Å². The fourth-order valence-corrected chi connectivity index (χ4v) is 3.01. The number of aromatic nitrogens is 1. The van der Waals surface area contributed by atoms with Crippen molar-refractivity contribution >= 4 is 10.9 Å². The Morgan fingerprint density at radius 3 is 2.86 bits per heavy atom. The standard InChI is InChI=1S/C18H24N2O/c1-14-11-15(16-5-3-4-6-17(16)20-14)12-19-13-18(7-8-18)9-10-21-2/h3-6,11,19H,7-10,12-13H2,1-2H3. The van der Waals surface area contributed by atoms with E-state index in [1.54, 1.807) is 7.11 Å². The van der Waals surface area contributed by atoms with E-state index in [1.807, 2.05) is 0 Å². The van der Waals surface area contributed by atoms with Crippen LogP contribution in [0.15, 0.2) is 30.3 Å². The van der Waals surface area contributed by atoms with Crippen molar-refractivity contribution in [3.63, 3.8) is 0 Å². The number of rotatable bonds is 7. The number of methoxy groups -OCH3 is 1. The Morgan fingerprint density at radius 2 is 2.10 bits per heavy atom. The summed E-state index contributed by atoms with van der Waals surface area (Å²) in [4.78, 5) is 4.60. The molecule has 1 aromatic heterocycles. The molecule has 21 heavy (non-hydrogen) atoms. The first-order valence-electron chi connectivity index (χ1n) is 7.77. The molecule has 1 aromatic carbocycles. The molecule has 0 amide bonds. The molecule has 112 valence electrons. The maximum absolute atomic E-state index is 5.22. The number of fused-ring (bicyclic) bond motifs is 1. The van der Waals surface area contributed by atoms with Gasteiger partial charge in [0.1, 0.15) is 0 Å². The fourth-order valence-electron chi connectivity index (χ4n) is 3.01. The fraction of sp³-hybridized carbons (Fsp3) is 0.500. The molecule has 1 aliphatic carbocycles. The molecule has 1 fully saturated rings. The first-order chi connectivity index (χ1) is 10.2. The van der Waals surface area contributed by atoms with E-state index >= 15 is 0 Å². The SMILES string of the molecule is COCCC1(CNCc2cc(C)nc3ccccc23)CC1. The molecule has 0 spiro atoms. The highest BCUT2D eigenvalue weighted by atomic mass is 16.5. The van der Waals surface area contributed by atoms with Crippen LogP contribution in [0.4, 0.5) is 0 Å². The molecule has 1 saturated carbocycles. The van der Waals surface area contributed by atoms with Gasteiger partial charge in [0, 0.05) is 37.9 Å². The van der Waals surface area contributed by atoms with Crippen LogP contribution in [-0.2, 0) is 11.3 Å². The van der Waals surface area contributed by atoms with E-state index in [2.05, 4.69) is 47.6 Å². The molecular weight excluding hydrogens is 260 g/mol. The lowest BCUT2D eigenvalue weighted by atomic mass is 10.0. The van der Waals surface area contributed by atoms with Crippen LogP contribution in [0.2, 0.25) is 0 Å². The summed E-state index contributed by atoms with van der Waals surface area (Å²) in [5.41, 5.74) is 4.02. The highest BCUT2D eigenvalue weighted by Gasteiger charge is 2.41. The minimum absolute atomic E-state index is 0.494. The average molecular weight is 284 g/mol. The van der Waals surface area contributed by atoms with Crippen molar-refractivity contribution in [2.24, 2.45) is 5.41 Å². The van der Waals surface area contributed by atoms with Gasteiger partial charge >= 0.3 is 0 Å². The molecule has 0 atom stereocenters. The molecular formula is C18H24N2O. The minimum Gasteiger partial charge on any atom is -0.385 e. The number of nitrogens with one attached hydrogen (secondary N) is 1. The normalized spacial score (nSPS) is 16.3. The predicted octanol–water partition coefficient (Wildman–Crippen LogP) is 3.45. The zero-order chi connectivity index (χ0) is 14.7. The molecule has 3 rings (SSSR count). The molecule has 1 aliphatic rings. The largest absolute Gasteiger partial charge is 0.385 e. The molecule has 0 aliphatic heterocycles. The van der Waals surface area contributed by atoms with Crippen LogP contribution < -0.4 is 5.32 Å². The van der Waals surface area contributed by atoms with Gasteiger partial charge in [0.25, 0.3) is 0 Å². The van der Waals surface area contributed by atoms with Gasteiger partial charge in [-0.15, -0.1) is 0 Å². The van der Waals surface area contributed by atoms with Crippen LogP contribution in [0.3, 0.4) is 0 Å². The van der Waals surface area contributed by atoms with Crippen LogP contribution >= 0.6 is 0 Å². The third-order valence-corrected chi connectivity index (χ3v) is 4.54. The molecule has 3 nitrogen and oxygen atoms in total. The van der Waals surface area contributed by atoms with Crippen LogP contribution in [0.25, 0.3) is 10.9 Å². The third-order valence-electron chi connectivity index (χ3n) is 4.54. The average Bonchev–Trinajstić information content (AvgIpc) is 3.25. The number of pyridine rings is 1. The van der Waals surface area contributed by atoms with Gasteiger partial charge in [0.2, 0.25) is 0 Å². The summed E-state index contributed by atoms with van der Waals surface area (Å²) in [6.45, 7) is 4.94. The summed E-state index contributed by atoms with van der Waals surface area (Å²) in [6, 6.07) is 10.6. The second-order valence-corrected chi connectivity index (χ2v) is 6.29. The maximum Gasteiger partial charge on any atom is 0.0708 e. The Morgan fingerprint density at radius 1 is 1.29 bits per heavy atom. The second kappa shape index (κ2) is 6.12. The third kappa shape index (κ3) is 3.42. The van der Waals surface area contributed by atoms with Crippen LogP contribution in [0.1, 0.15) is 30.5 Å². The zero-order valence-electron chi connectivity index (χ0n) is 13.0. The van der Waals surface area contributed by atoms with E-state index in [4.69, 9.17) is 4.74 Å². The van der Waals surface area contributed by atoms with E-state index in [0.29, 0.717) is 5.41 Å². The van der Waals surface area contributed by atoms with Gasteiger partial charge in [-0.05, 0) is 49.3 Å². The number of para-hydroxylation sites is 1. The zero-order valence-corrected chi connectivity index (χ0v) is 13.0. The number of nitrogens with zero attached hydrogens (tertiary/aromatic N) is 1. The van der Waals surface area contributed by atoms with E-state index in [-0.39, 0.29) is 0 Å². The lowest BCUT2D eigenvalue weighted by molar-refractivity contribution is 0.171. The number of aryl methyl sites for hydroxylation is 1. The molecule has 0 unspecified atom stereocenters. The maximum atomic E-state index is 5.22. The molecule has 0 radical (unpaired) electrons. The summed E-state index contributed by atoms with van der Waals surface area (Å²) in [5, 5.41) is 4.91. The van der Waals surface area contributed by atoms with Gasteiger partial charge < -0.3 is 10.1 Å². The summed E-state index contributed by atoms with van der Waals surface area (Å²) in [7, 11) is 1.79. The molecule has 0 saturated heterocycles. The van der Waals surface area contributed by atoms with E-state index in [0.717, 1.165) is 30.9 Å². The number of hydrogen-bond acceptors (Lipinski definition) is 3. The van der Waals surface area contributed by atoms with Gasteiger partial charge in [-0.2, -0.15) is 0 Å². The van der Waals surface area contributed by atoms with Crippen molar-refractivity contribution in [3.05, 3.63) is 41.6 Å². The Bertz CT molecular complexity index is 620. The molecule has 3 heteroatoms. The molecule has 1 heterocycles. The number of ether oxygens (including phenoxy) is 1. The molecule has 1 N–H and O–H groups in total. The summed E-state index contributed by atoms with van der Waals surface area (Å²) in [6.07, 6.45) is 3.84. The van der Waals surface area contributed by atoms with Gasteiger partial charge in [-0.1, -0.05) is 18.2 Å². The van der Waals surface area contributed by atoms with Crippen molar-refractivity contribution in [1.82, 2.24) is 10.3 Å². The number of hydrogen-bond donors (Lipinski definition) is 1. The Kier molecular flexibility index (Phi) is 4.22. The monoisotopic (exact) mass is 284 g/mol. The highest BCUT2D eigenvalue weighted by Crippen LogP contribution is 2.48. The van der Waals surface area contributed by atoms with E-state index in [1.165, 1.54) is 30.2 Å². The first-order valence-corrected chi connectivity index (χ1v) is 7.77. The van der Waals surface area contributed by atoms with Crippen LogP contribution in [0, 0.1) is 12.3 Å². The second-order valence-electron chi connectivity index (χ2n) is 6.29. The van der Waals surface area contributed by atoms with Crippen LogP contribution in [-0.4, -0.2) is 25.2 Å². The molecule has 2 aromatic rings. The van der Waals surface area contributed by atoms with Crippen molar-refractivity contribution in [2.75, 3.05) is 20.3 Å². The predicted molar refractivity (Wildman–Crippen MR) is 86.3 cm³/mol. The smallest absolute Gasteiger partial charge is 0.0708 e. The molecule has 0 bridgehead atoms. The minimum atomic E-state index is 0.494. The Balaban J connectivity index is 1.66. The van der Waals surface area contributed by atoms with E-state index < -0.39 is 0 Å². The lowest BCUT2D eigenvalue weighted by Gasteiger charge is -2.16. The van der Waals surface area contributed by atoms with Gasteiger partial charge in [0.05, 0.1) is 5.52 Å². The van der Waals surface area contributed by atoms with Crippen molar-refractivity contribution < 1.29 is 4.74 Å². The quantitative estimate of drug-likeness (QED) is 0.845. The highest BCUT2D eigenvalue weighted by molar-refractivity contribution is 5.82. The van der Waals surface area contributed by atoms with Crippen molar-refractivity contribution in [1.29, 1.82) is 0 Å². The lowest BCUT2D eigenvalue weighted by Crippen LogP contribution is -2.24. The topological polar surface area (TPSA) is 34.1 Å². The van der Waals surface area contributed by atoms with Crippen molar-refractivity contribution in [2.45, 2.75) is 32.7 Å². The summed E-state index contributed by atoms with van der Waals surface area (Å²) >= 11 is 0. The number of benzene rings is 1. The summed E-state index contributed by atoms with van der Waals surface area (Å²) < 4.78 is 5.22. The Hall–Kier alpha value is -1.45. The van der Waals surface area contributed by atoms with Gasteiger partial charge in [0.15, 0.2) is 0 Å². The summed E-state index contributed by atoms with van der Waals surface area (Å²) in [5.74, 6) is 0. The first kappa shape index (κ1) is 14.5. The van der Waals surface area contributed by atoms with Crippen molar-refractivity contribution in [3.8, 4) is 0 Å². The Labute approximate surface area is 126 Å².